The molecule has 2 heterocycles. The Morgan fingerprint density at radius 1 is 1.25 bits per heavy atom. The molecule has 1 aromatic heterocycles. The van der Waals surface area contributed by atoms with Crippen molar-refractivity contribution in [2.75, 3.05) is 26.7 Å². The van der Waals surface area contributed by atoms with Crippen molar-refractivity contribution in [3.63, 3.8) is 0 Å². The van der Waals surface area contributed by atoms with Gasteiger partial charge in [0.2, 0.25) is 5.89 Å². The van der Waals surface area contributed by atoms with Crippen LogP contribution in [0.2, 0.25) is 0 Å². The highest BCUT2D eigenvalue weighted by atomic mass is 16.5. The van der Waals surface area contributed by atoms with E-state index in [-0.39, 0.29) is 0 Å². The third-order valence-corrected chi connectivity index (χ3v) is 5.34. The van der Waals surface area contributed by atoms with E-state index in [0.29, 0.717) is 5.92 Å². The minimum atomic E-state index is 0.305. The Morgan fingerprint density at radius 3 is 2.64 bits per heavy atom. The van der Waals surface area contributed by atoms with Crippen molar-refractivity contribution in [1.29, 1.82) is 0 Å². The predicted molar refractivity (Wildman–Crippen MR) is 113 cm³/mol. The summed E-state index contributed by atoms with van der Waals surface area (Å²) in [6.07, 6.45) is 5.36. The van der Waals surface area contributed by atoms with Gasteiger partial charge in [-0.25, -0.2) is 0 Å². The molecule has 152 valence electrons. The number of rotatable bonds is 7. The van der Waals surface area contributed by atoms with Gasteiger partial charge in [0.25, 0.3) is 0 Å². The molecule has 6 heteroatoms. The Morgan fingerprint density at radius 2 is 2.00 bits per heavy atom. The molecule has 2 aromatic rings. The standard InChI is InChI=1S/C22H33N5O/c1-17(2)21-25-20(28-26-21)10-7-13-24-22(23-3)27-14-11-19(12-15-27)16-18-8-5-4-6-9-18/h4-6,8-9,17,19H,7,10-16H2,1-3H3,(H,23,24). The van der Waals surface area contributed by atoms with Crippen molar-refractivity contribution in [3.8, 4) is 0 Å². The van der Waals surface area contributed by atoms with Crippen LogP contribution in [0.25, 0.3) is 0 Å². The van der Waals surface area contributed by atoms with E-state index >= 15 is 0 Å². The Bertz CT molecular complexity index is 732. The quantitative estimate of drug-likeness (QED) is 0.449. The van der Waals surface area contributed by atoms with Gasteiger partial charge in [-0.15, -0.1) is 0 Å². The van der Waals surface area contributed by atoms with Crippen LogP contribution in [-0.2, 0) is 12.8 Å². The second-order valence-electron chi connectivity index (χ2n) is 7.90. The van der Waals surface area contributed by atoms with Gasteiger partial charge in [0.05, 0.1) is 0 Å². The minimum Gasteiger partial charge on any atom is -0.356 e. The van der Waals surface area contributed by atoms with Gasteiger partial charge in [0.1, 0.15) is 0 Å². The average molecular weight is 384 g/mol. The SMILES string of the molecule is CN=C(NCCCc1nc(C(C)C)no1)N1CCC(Cc2ccccc2)CC1. The fourth-order valence-corrected chi connectivity index (χ4v) is 3.67. The Hall–Kier alpha value is -2.37. The number of benzene rings is 1. The molecular weight excluding hydrogens is 350 g/mol. The summed E-state index contributed by atoms with van der Waals surface area (Å²) in [5.41, 5.74) is 1.45. The van der Waals surface area contributed by atoms with Gasteiger partial charge in [-0.1, -0.05) is 49.3 Å². The summed E-state index contributed by atoms with van der Waals surface area (Å²) in [5.74, 6) is 3.59. The molecule has 28 heavy (non-hydrogen) atoms. The third kappa shape index (κ3) is 5.81. The summed E-state index contributed by atoms with van der Waals surface area (Å²) >= 11 is 0. The Kier molecular flexibility index (Phi) is 7.46. The van der Waals surface area contributed by atoms with Gasteiger partial charge in [0, 0.05) is 39.0 Å². The zero-order valence-electron chi connectivity index (χ0n) is 17.4. The van der Waals surface area contributed by atoms with Crippen LogP contribution < -0.4 is 5.32 Å². The van der Waals surface area contributed by atoms with Crippen molar-refractivity contribution in [2.24, 2.45) is 10.9 Å². The lowest BCUT2D eigenvalue weighted by Crippen LogP contribution is -2.46. The first kappa shape index (κ1) is 20.4. The maximum absolute atomic E-state index is 5.31. The summed E-state index contributed by atoms with van der Waals surface area (Å²) in [7, 11) is 1.87. The van der Waals surface area contributed by atoms with Gasteiger partial charge in [-0.3, -0.25) is 4.99 Å². The fraction of sp³-hybridized carbons (Fsp3) is 0.591. The summed E-state index contributed by atoms with van der Waals surface area (Å²) in [6.45, 7) is 7.14. The van der Waals surface area contributed by atoms with Gasteiger partial charge in [-0.2, -0.15) is 4.98 Å². The highest BCUT2D eigenvalue weighted by molar-refractivity contribution is 5.79. The van der Waals surface area contributed by atoms with E-state index in [9.17, 15) is 0 Å². The Balaban J connectivity index is 1.37. The lowest BCUT2D eigenvalue weighted by atomic mass is 9.90. The van der Waals surface area contributed by atoms with Crippen LogP contribution in [0.1, 0.15) is 56.3 Å². The van der Waals surface area contributed by atoms with Crippen molar-refractivity contribution in [2.45, 2.75) is 51.9 Å². The molecule has 1 aliphatic heterocycles. The normalized spacial score (nSPS) is 16.0. The monoisotopic (exact) mass is 383 g/mol. The first-order chi connectivity index (χ1) is 13.7. The Labute approximate surface area is 168 Å². The summed E-state index contributed by atoms with van der Waals surface area (Å²) in [6, 6.07) is 10.8. The lowest BCUT2D eigenvalue weighted by Gasteiger charge is -2.34. The fourth-order valence-electron chi connectivity index (χ4n) is 3.67. The first-order valence-electron chi connectivity index (χ1n) is 10.5. The molecule has 0 amide bonds. The molecule has 3 rings (SSSR count). The molecule has 0 atom stereocenters. The van der Waals surface area contributed by atoms with Gasteiger partial charge < -0.3 is 14.7 Å². The number of aryl methyl sites for hydroxylation is 1. The molecule has 0 aliphatic carbocycles. The molecule has 1 fully saturated rings. The van der Waals surface area contributed by atoms with Gasteiger partial charge in [-0.05, 0) is 37.2 Å². The van der Waals surface area contributed by atoms with Crippen LogP contribution in [0.15, 0.2) is 39.8 Å². The number of piperidine rings is 1. The molecular formula is C22H33N5O. The molecule has 1 saturated heterocycles. The highest BCUT2D eigenvalue weighted by Crippen LogP contribution is 2.21. The average Bonchev–Trinajstić information content (AvgIpc) is 3.19. The van der Waals surface area contributed by atoms with Crippen LogP contribution in [0.5, 0.6) is 0 Å². The van der Waals surface area contributed by atoms with E-state index in [1.165, 1.54) is 24.8 Å². The summed E-state index contributed by atoms with van der Waals surface area (Å²) < 4.78 is 5.31. The van der Waals surface area contributed by atoms with Crippen LogP contribution in [-0.4, -0.2) is 47.7 Å². The summed E-state index contributed by atoms with van der Waals surface area (Å²) in [4.78, 5) is 11.3. The largest absolute Gasteiger partial charge is 0.356 e. The first-order valence-corrected chi connectivity index (χ1v) is 10.5. The maximum atomic E-state index is 5.31. The molecule has 1 aromatic carbocycles. The van der Waals surface area contributed by atoms with E-state index in [1.807, 2.05) is 7.05 Å². The molecule has 6 nitrogen and oxygen atoms in total. The van der Waals surface area contributed by atoms with Crippen molar-refractivity contribution >= 4 is 5.96 Å². The molecule has 0 spiro atoms. The molecule has 0 radical (unpaired) electrons. The number of hydrogen-bond acceptors (Lipinski definition) is 4. The topological polar surface area (TPSA) is 66.5 Å². The van der Waals surface area contributed by atoms with Crippen LogP contribution in [0.4, 0.5) is 0 Å². The maximum Gasteiger partial charge on any atom is 0.226 e. The molecule has 1 aliphatic rings. The number of guanidine groups is 1. The van der Waals surface area contributed by atoms with E-state index < -0.39 is 0 Å². The smallest absolute Gasteiger partial charge is 0.226 e. The summed E-state index contributed by atoms with van der Waals surface area (Å²) in [5, 5.41) is 7.51. The zero-order chi connectivity index (χ0) is 19.8. The number of likely N-dealkylation sites (tertiary alicyclic amines) is 1. The number of nitrogens with zero attached hydrogens (tertiary/aromatic N) is 4. The van der Waals surface area contributed by atoms with E-state index in [0.717, 1.165) is 56.1 Å². The van der Waals surface area contributed by atoms with Crippen molar-refractivity contribution < 1.29 is 4.52 Å². The highest BCUT2D eigenvalue weighted by Gasteiger charge is 2.21. The second kappa shape index (κ2) is 10.2. The molecule has 0 saturated carbocycles. The number of nitrogens with one attached hydrogen (secondary N) is 1. The van der Waals surface area contributed by atoms with E-state index in [2.05, 4.69) is 69.5 Å². The second-order valence-corrected chi connectivity index (χ2v) is 7.90. The predicted octanol–water partition coefficient (Wildman–Crippen LogP) is 3.66. The number of hydrogen-bond donors (Lipinski definition) is 1. The van der Waals surface area contributed by atoms with Gasteiger partial charge >= 0.3 is 0 Å². The van der Waals surface area contributed by atoms with Crippen molar-refractivity contribution in [1.82, 2.24) is 20.4 Å². The number of aromatic nitrogens is 2. The van der Waals surface area contributed by atoms with E-state index in [4.69, 9.17) is 4.52 Å². The number of aliphatic imine (C=N–C) groups is 1. The lowest BCUT2D eigenvalue weighted by molar-refractivity contribution is 0.259. The van der Waals surface area contributed by atoms with Crippen LogP contribution >= 0.6 is 0 Å². The van der Waals surface area contributed by atoms with Crippen molar-refractivity contribution in [3.05, 3.63) is 47.6 Å². The molecule has 0 unspecified atom stereocenters. The van der Waals surface area contributed by atoms with Gasteiger partial charge in [0.15, 0.2) is 11.8 Å². The minimum absolute atomic E-state index is 0.305. The van der Waals surface area contributed by atoms with E-state index in [1.54, 1.807) is 0 Å². The zero-order valence-corrected chi connectivity index (χ0v) is 17.4. The van der Waals surface area contributed by atoms with Crippen LogP contribution in [0, 0.1) is 5.92 Å². The molecule has 0 bridgehead atoms. The third-order valence-electron chi connectivity index (χ3n) is 5.34. The van der Waals surface area contributed by atoms with Crippen LogP contribution in [0.3, 0.4) is 0 Å². The molecule has 1 N–H and O–H groups in total.